The lowest BCUT2D eigenvalue weighted by molar-refractivity contribution is -0.140. The molecule has 0 radical (unpaired) electrons. The molecule has 0 spiro atoms. The molecule has 0 saturated carbocycles. The van der Waals surface area contributed by atoms with Crippen molar-refractivity contribution in [2.75, 3.05) is 14.1 Å². The van der Waals surface area contributed by atoms with Gasteiger partial charge in [-0.1, -0.05) is 42.5 Å². The number of nitrogens with zero attached hydrogens (tertiary/aromatic N) is 1. The fraction of sp³-hybridized carbons (Fsp3) is 0.211. The molecule has 0 bridgehead atoms. The minimum Gasteiger partial charge on any atom is -0.357 e. The van der Waals surface area contributed by atoms with Crippen molar-refractivity contribution in [3.63, 3.8) is 0 Å². The summed E-state index contributed by atoms with van der Waals surface area (Å²) in [5, 5.41) is 11.2. The number of amides is 3. The minimum atomic E-state index is -1.48. The lowest BCUT2D eigenvalue weighted by Crippen LogP contribution is -2.54. The van der Waals surface area contributed by atoms with Gasteiger partial charge in [-0.2, -0.15) is 0 Å². The third-order valence-electron chi connectivity index (χ3n) is 4.12. The molecule has 2 rings (SSSR count). The average Bonchev–Trinajstić information content (AvgIpc) is 2.67. The quantitative estimate of drug-likeness (QED) is 0.428. The number of carbonyl (C=O) groups excluding carboxylic acids is 3. The number of likely N-dealkylation sites (N-methyl/N-ethyl adjacent to an activating group) is 2. The van der Waals surface area contributed by atoms with Crippen molar-refractivity contribution in [2.45, 2.75) is 13.0 Å². The van der Waals surface area contributed by atoms with Crippen molar-refractivity contribution < 1.29 is 19.6 Å². The Balaban J connectivity index is 2.33. The summed E-state index contributed by atoms with van der Waals surface area (Å²) in [4.78, 5) is 37.5. The monoisotopic (exact) mass is 355 g/mol. The largest absolute Gasteiger partial charge is 0.357 e. The molecule has 1 unspecified atom stereocenters. The van der Waals surface area contributed by atoms with Crippen molar-refractivity contribution >= 4 is 17.7 Å². The number of hydrogen-bond acceptors (Lipinski definition) is 4. The zero-order chi connectivity index (χ0) is 19.3. The highest BCUT2D eigenvalue weighted by Crippen LogP contribution is 2.23. The van der Waals surface area contributed by atoms with Gasteiger partial charge in [-0.15, -0.1) is 0 Å². The molecule has 0 aromatic heterocycles. The first kappa shape index (κ1) is 19.1. The van der Waals surface area contributed by atoms with Gasteiger partial charge in [0, 0.05) is 19.7 Å². The van der Waals surface area contributed by atoms with Crippen LogP contribution in [-0.4, -0.2) is 48.0 Å². The van der Waals surface area contributed by atoms with E-state index in [1.807, 2.05) is 42.5 Å². The lowest BCUT2D eigenvalue weighted by atomic mass is 9.99. The van der Waals surface area contributed by atoms with Crippen LogP contribution in [0.3, 0.4) is 0 Å². The van der Waals surface area contributed by atoms with Crippen LogP contribution in [0.1, 0.15) is 15.9 Å². The molecular formula is C19H21N3O4. The van der Waals surface area contributed by atoms with E-state index >= 15 is 0 Å². The van der Waals surface area contributed by atoms with Gasteiger partial charge in [0.2, 0.25) is 0 Å². The van der Waals surface area contributed by atoms with Gasteiger partial charge in [-0.25, -0.2) is 5.48 Å². The molecule has 0 fully saturated rings. The van der Waals surface area contributed by atoms with Crippen LogP contribution in [0.2, 0.25) is 0 Å². The number of nitrogens with one attached hydrogen (secondary N) is 2. The third kappa shape index (κ3) is 3.89. The summed E-state index contributed by atoms with van der Waals surface area (Å²) in [7, 11) is 2.68. The normalized spacial score (nSPS) is 11.4. The van der Waals surface area contributed by atoms with Gasteiger partial charge in [-0.05, 0) is 29.7 Å². The Kier molecular flexibility index (Phi) is 6.08. The number of aryl methyl sites for hydroxylation is 1. The Morgan fingerprint density at radius 1 is 1.00 bits per heavy atom. The Hall–Kier alpha value is -3.19. The van der Waals surface area contributed by atoms with Crippen LogP contribution in [-0.2, 0) is 9.59 Å². The molecule has 3 N–H and O–H groups in total. The zero-order valence-electron chi connectivity index (χ0n) is 14.8. The highest BCUT2D eigenvalue weighted by atomic mass is 16.5. The van der Waals surface area contributed by atoms with E-state index in [0.29, 0.717) is 11.1 Å². The highest BCUT2D eigenvalue weighted by Gasteiger charge is 2.33. The first-order valence-electron chi connectivity index (χ1n) is 7.99. The summed E-state index contributed by atoms with van der Waals surface area (Å²) < 4.78 is 0. The van der Waals surface area contributed by atoms with Crippen LogP contribution in [0.25, 0.3) is 11.1 Å². The van der Waals surface area contributed by atoms with Crippen molar-refractivity contribution in [3.8, 4) is 11.1 Å². The fourth-order valence-corrected chi connectivity index (χ4v) is 2.69. The molecule has 3 amide bonds. The van der Waals surface area contributed by atoms with Gasteiger partial charge in [0.15, 0.2) is 6.04 Å². The second kappa shape index (κ2) is 8.26. The maximum absolute atomic E-state index is 12.8. The van der Waals surface area contributed by atoms with Gasteiger partial charge in [0.1, 0.15) is 0 Å². The summed E-state index contributed by atoms with van der Waals surface area (Å²) in [5.74, 6) is -2.19. The zero-order valence-corrected chi connectivity index (χ0v) is 14.8. The lowest BCUT2D eigenvalue weighted by Gasteiger charge is -2.25. The number of carbonyl (C=O) groups is 3. The predicted molar refractivity (Wildman–Crippen MR) is 96.5 cm³/mol. The maximum atomic E-state index is 12.8. The first-order chi connectivity index (χ1) is 12.4. The third-order valence-corrected chi connectivity index (χ3v) is 4.12. The molecule has 0 saturated heterocycles. The molecule has 136 valence electrons. The number of rotatable bonds is 5. The molecule has 0 aliphatic heterocycles. The Bertz CT molecular complexity index is 805. The number of hydroxylamine groups is 1. The standard InChI is InChI=1S/C19H21N3O4/c1-12-11-14(13-7-5-4-6-8-13)9-10-15(12)19(25)22(3)16(17(23)20-2)18(24)21-26/h4-11,16,26H,1-3H3,(H,20,23)(H,21,24). The predicted octanol–water partition coefficient (Wildman–Crippen LogP) is 1.35. The topological polar surface area (TPSA) is 98.7 Å². The molecule has 7 nitrogen and oxygen atoms in total. The molecule has 0 aliphatic carbocycles. The van der Waals surface area contributed by atoms with Gasteiger partial charge < -0.3 is 10.2 Å². The van der Waals surface area contributed by atoms with Crippen LogP contribution in [0.5, 0.6) is 0 Å². The summed E-state index contributed by atoms with van der Waals surface area (Å²) >= 11 is 0. The maximum Gasteiger partial charge on any atom is 0.275 e. The van der Waals surface area contributed by atoms with E-state index in [9.17, 15) is 14.4 Å². The first-order valence-corrected chi connectivity index (χ1v) is 7.99. The van der Waals surface area contributed by atoms with E-state index in [1.165, 1.54) is 19.6 Å². The molecule has 7 heteroatoms. The molecule has 2 aromatic rings. The highest BCUT2D eigenvalue weighted by molar-refractivity contribution is 6.09. The molecule has 1 atom stereocenters. The van der Waals surface area contributed by atoms with Crippen LogP contribution >= 0.6 is 0 Å². The Labute approximate surface area is 151 Å². The van der Waals surface area contributed by atoms with Crippen molar-refractivity contribution in [2.24, 2.45) is 0 Å². The SMILES string of the molecule is CNC(=O)C(C(=O)NO)N(C)C(=O)c1ccc(-c2ccccc2)cc1C. The van der Waals surface area contributed by atoms with Gasteiger partial charge in [0.05, 0.1) is 0 Å². The summed E-state index contributed by atoms with van der Waals surface area (Å²) in [6, 6.07) is 13.6. The number of benzene rings is 2. The Morgan fingerprint density at radius 3 is 2.19 bits per heavy atom. The smallest absolute Gasteiger partial charge is 0.275 e. The Morgan fingerprint density at radius 2 is 1.65 bits per heavy atom. The van der Waals surface area contributed by atoms with Crippen molar-refractivity contribution in [1.82, 2.24) is 15.7 Å². The van der Waals surface area contributed by atoms with Crippen LogP contribution < -0.4 is 10.8 Å². The van der Waals surface area contributed by atoms with Crippen LogP contribution in [0.4, 0.5) is 0 Å². The van der Waals surface area contributed by atoms with Gasteiger partial charge in [-0.3, -0.25) is 19.6 Å². The van der Waals surface area contributed by atoms with E-state index in [4.69, 9.17) is 5.21 Å². The van der Waals surface area contributed by atoms with Crippen molar-refractivity contribution in [3.05, 3.63) is 59.7 Å². The molecular weight excluding hydrogens is 334 g/mol. The summed E-state index contributed by atoms with van der Waals surface area (Å²) in [6.07, 6.45) is 0. The average molecular weight is 355 g/mol. The summed E-state index contributed by atoms with van der Waals surface area (Å²) in [5.41, 5.74) is 4.47. The molecule has 2 aromatic carbocycles. The van der Waals surface area contributed by atoms with E-state index in [-0.39, 0.29) is 0 Å². The molecule has 0 aliphatic rings. The van der Waals surface area contributed by atoms with E-state index < -0.39 is 23.8 Å². The second-order valence-corrected chi connectivity index (χ2v) is 5.80. The number of hydrogen-bond donors (Lipinski definition) is 3. The van der Waals surface area contributed by atoms with Gasteiger partial charge in [0.25, 0.3) is 17.7 Å². The molecule has 0 heterocycles. The van der Waals surface area contributed by atoms with Crippen LogP contribution in [0.15, 0.2) is 48.5 Å². The van der Waals surface area contributed by atoms with E-state index in [1.54, 1.807) is 13.0 Å². The van der Waals surface area contributed by atoms with E-state index in [0.717, 1.165) is 16.0 Å². The minimum absolute atomic E-state index is 0.367. The van der Waals surface area contributed by atoms with Crippen molar-refractivity contribution in [1.29, 1.82) is 0 Å². The fourth-order valence-electron chi connectivity index (χ4n) is 2.69. The summed E-state index contributed by atoms with van der Waals surface area (Å²) in [6.45, 7) is 1.79. The van der Waals surface area contributed by atoms with E-state index in [2.05, 4.69) is 5.32 Å². The van der Waals surface area contributed by atoms with Gasteiger partial charge >= 0.3 is 0 Å². The van der Waals surface area contributed by atoms with Crippen LogP contribution in [0, 0.1) is 6.92 Å². The molecule has 26 heavy (non-hydrogen) atoms. The second-order valence-electron chi connectivity index (χ2n) is 5.80.